The molecule has 0 unspecified atom stereocenters. The maximum atomic E-state index is 13.3. The van der Waals surface area contributed by atoms with Gasteiger partial charge >= 0.3 is 0 Å². The number of pyridine rings is 1. The molecule has 0 atom stereocenters. The molecule has 0 spiro atoms. The Kier molecular flexibility index (Phi) is 4.66. The Bertz CT molecular complexity index is 832. The van der Waals surface area contributed by atoms with Gasteiger partial charge in [-0.05, 0) is 54.4 Å². The third-order valence-corrected chi connectivity index (χ3v) is 3.82. The zero-order chi connectivity index (χ0) is 16.9. The lowest BCUT2D eigenvalue weighted by atomic mass is 10.1. The molecule has 0 bridgehead atoms. The smallest absolute Gasteiger partial charge is 0.258 e. The van der Waals surface area contributed by atoms with E-state index in [9.17, 15) is 9.18 Å². The maximum Gasteiger partial charge on any atom is 0.258 e. The van der Waals surface area contributed by atoms with Gasteiger partial charge in [-0.3, -0.25) is 9.78 Å². The topological polar surface area (TPSA) is 33.2 Å². The van der Waals surface area contributed by atoms with Crippen molar-refractivity contribution in [3.63, 3.8) is 0 Å². The van der Waals surface area contributed by atoms with E-state index in [1.54, 1.807) is 35.5 Å². The molecule has 24 heavy (non-hydrogen) atoms. The first-order valence-corrected chi connectivity index (χ1v) is 7.67. The van der Waals surface area contributed by atoms with E-state index >= 15 is 0 Å². The lowest BCUT2D eigenvalue weighted by Gasteiger charge is -2.24. The molecule has 0 aliphatic carbocycles. The summed E-state index contributed by atoms with van der Waals surface area (Å²) in [4.78, 5) is 18.8. The van der Waals surface area contributed by atoms with Gasteiger partial charge in [-0.15, -0.1) is 0 Å². The zero-order valence-corrected chi connectivity index (χ0v) is 13.3. The fourth-order valence-electron chi connectivity index (χ4n) is 2.53. The molecule has 0 aliphatic heterocycles. The van der Waals surface area contributed by atoms with Gasteiger partial charge < -0.3 is 4.90 Å². The molecule has 1 amide bonds. The van der Waals surface area contributed by atoms with Gasteiger partial charge in [-0.1, -0.05) is 24.3 Å². The van der Waals surface area contributed by atoms with E-state index < -0.39 is 0 Å². The number of carbonyl (C=O) groups is 1. The molecular weight excluding hydrogens is 303 g/mol. The highest BCUT2D eigenvalue weighted by molar-refractivity contribution is 6.06. The van der Waals surface area contributed by atoms with E-state index in [4.69, 9.17) is 0 Å². The highest BCUT2D eigenvalue weighted by atomic mass is 19.1. The van der Waals surface area contributed by atoms with Crippen molar-refractivity contribution in [2.75, 3.05) is 4.90 Å². The summed E-state index contributed by atoms with van der Waals surface area (Å²) in [7, 11) is 0. The minimum absolute atomic E-state index is 0.122. The number of halogens is 1. The third-order valence-electron chi connectivity index (χ3n) is 3.82. The van der Waals surface area contributed by atoms with Crippen molar-refractivity contribution in [3.8, 4) is 0 Å². The van der Waals surface area contributed by atoms with Gasteiger partial charge in [-0.25, -0.2) is 4.39 Å². The molecule has 0 N–H and O–H groups in total. The van der Waals surface area contributed by atoms with Crippen molar-refractivity contribution in [2.45, 2.75) is 13.5 Å². The van der Waals surface area contributed by atoms with Crippen molar-refractivity contribution < 1.29 is 9.18 Å². The normalized spacial score (nSPS) is 10.4. The van der Waals surface area contributed by atoms with Crippen LogP contribution in [-0.2, 0) is 6.54 Å². The van der Waals surface area contributed by atoms with Crippen LogP contribution in [0.2, 0.25) is 0 Å². The third kappa shape index (κ3) is 3.49. The molecule has 1 aromatic heterocycles. The summed E-state index contributed by atoms with van der Waals surface area (Å²) < 4.78 is 13.3. The van der Waals surface area contributed by atoms with Crippen LogP contribution >= 0.6 is 0 Å². The van der Waals surface area contributed by atoms with Gasteiger partial charge in [0.2, 0.25) is 0 Å². The second-order valence-corrected chi connectivity index (χ2v) is 5.54. The molecule has 1 heterocycles. The second-order valence-electron chi connectivity index (χ2n) is 5.54. The summed E-state index contributed by atoms with van der Waals surface area (Å²) in [6, 6.07) is 17.1. The zero-order valence-electron chi connectivity index (χ0n) is 13.3. The Morgan fingerprint density at radius 2 is 1.79 bits per heavy atom. The molecule has 0 aliphatic rings. The van der Waals surface area contributed by atoms with E-state index in [0.29, 0.717) is 17.8 Å². The fraction of sp³-hybridized carbons (Fsp3) is 0.100. The number of amides is 1. The Balaban J connectivity index is 1.99. The minimum atomic E-state index is -0.330. The van der Waals surface area contributed by atoms with E-state index in [2.05, 4.69) is 4.98 Å². The second kappa shape index (κ2) is 7.04. The molecule has 3 aromatic rings. The summed E-state index contributed by atoms with van der Waals surface area (Å²) in [6.45, 7) is 2.27. The number of anilines is 1. The highest BCUT2D eigenvalue weighted by Gasteiger charge is 2.19. The number of aromatic nitrogens is 1. The number of nitrogens with zero attached hydrogens (tertiary/aromatic N) is 2. The molecule has 120 valence electrons. The summed E-state index contributed by atoms with van der Waals surface area (Å²) in [5.41, 5.74) is 3.09. The number of carbonyl (C=O) groups excluding carboxylic acids is 1. The van der Waals surface area contributed by atoms with Gasteiger partial charge in [0.05, 0.1) is 6.54 Å². The predicted molar refractivity (Wildman–Crippen MR) is 92.3 cm³/mol. The van der Waals surface area contributed by atoms with Crippen molar-refractivity contribution in [1.29, 1.82) is 0 Å². The monoisotopic (exact) mass is 320 g/mol. The first kappa shape index (κ1) is 15.9. The van der Waals surface area contributed by atoms with Gasteiger partial charge in [-0.2, -0.15) is 0 Å². The molecule has 0 saturated carbocycles. The summed E-state index contributed by atoms with van der Waals surface area (Å²) in [6.07, 6.45) is 3.41. The molecule has 0 saturated heterocycles. The summed E-state index contributed by atoms with van der Waals surface area (Å²) in [5, 5.41) is 0. The first-order chi connectivity index (χ1) is 11.6. The van der Waals surface area contributed by atoms with Crippen molar-refractivity contribution >= 4 is 11.6 Å². The van der Waals surface area contributed by atoms with Crippen LogP contribution in [0.5, 0.6) is 0 Å². The molecule has 4 heteroatoms. The Hall–Kier alpha value is -3.01. The molecular formula is C20H17FN2O. The van der Waals surface area contributed by atoms with Gasteiger partial charge in [0, 0.05) is 23.6 Å². The molecule has 3 nitrogen and oxygen atoms in total. The van der Waals surface area contributed by atoms with E-state index in [1.165, 1.54) is 12.1 Å². The standard InChI is InChI=1S/C20H17FN2O/c1-15-5-2-3-7-19(15)20(24)23(14-16-6-4-12-22-13-16)18-10-8-17(21)9-11-18/h2-13H,14H2,1H3. The first-order valence-electron chi connectivity index (χ1n) is 7.67. The molecule has 3 rings (SSSR count). The van der Waals surface area contributed by atoms with Crippen LogP contribution in [0.1, 0.15) is 21.5 Å². The maximum absolute atomic E-state index is 13.3. The van der Waals surface area contributed by atoms with Crippen LogP contribution in [0.15, 0.2) is 73.1 Å². The number of aryl methyl sites for hydroxylation is 1. The van der Waals surface area contributed by atoms with Crippen LogP contribution in [0.25, 0.3) is 0 Å². The van der Waals surface area contributed by atoms with E-state index in [-0.39, 0.29) is 11.7 Å². The quantitative estimate of drug-likeness (QED) is 0.715. The van der Waals surface area contributed by atoms with Gasteiger partial charge in [0.15, 0.2) is 0 Å². The van der Waals surface area contributed by atoms with Gasteiger partial charge in [0.25, 0.3) is 5.91 Å². The SMILES string of the molecule is Cc1ccccc1C(=O)N(Cc1cccnc1)c1ccc(F)cc1. The predicted octanol–water partition coefficient (Wildman–Crippen LogP) is 4.38. The van der Waals surface area contributed by atoms with Crippen molar-refractivity contribution in [1.82, 2.24) is 4.98 Å². The number of rotatable bonds is 4. The Morgan fingerprint density at radius 3 is 2.46 bits per heavy atom. The Morgan fingerprint density at radius 1 is 1.04 bits per heavy atom. The average Bonchev–Trinajstić information content (AvgIpc) is 2.61. The highest BCUT2D eigenvalue weighted by Crippen LogP contribution is 2.22. The summed E-state index contributed by atoms with van der Waals surface area (Å²) in [5.74, 6) is -0.452. The van der Waals surface area contributed by atoms with Crippen LogP contribution < -0.4 is 4.90 Å². The van der Waals surface area contributed by atoms with Crippen LogP contribution in [0, 0.1) is 12.7 Å². The molecule has 0 radical (unpaired) electrons. The lowest BCUT2D eigenvalue weighted by molar-refractivity contribution is 0.0984. The van der Waals surface area contributed by atoms with E-state index in [1.807, 2.05) is 37.3 Å². The molecule has 2 aromatic carbocycles. The number of hydrogen-bond acceptors (Lipinski definition) is 2. The average molecular weight is 320 g/mol. The van der Waals surface area contributed by atoms with Crippen molar-refractivity contribution in [2.24, 2.45) is 0 Å². The van der Waals surface area contributed by atoms with Gasteiger partial charge in [0.1, 0.15) is 5.82 Å². The fourth-order valence-corrected chi connectivity index (χ4v) is 2.53. The molecule has 0 fully saturated rings. The van der Waals surface area contributed by atoms with E-state index in [0.717, 1.165) is 11.1 Å². The minimum Gasteiger partial charge on any atom is -0.304 e. The Labute approximate surface area is 140 Å². The number of hydrogen-bond donors (Lipinski definition) is 0. The van der Waals surface area contributed by atoms with Crippen LogP contribution in [-0.4, -0.2) is 10.9 Å². The van der Waals surface area contributed by atoms with Crippen LogP contribution in [0.3, 0.4) is 0 Å². The largest absolute Gasteiger partial charge is 0.304 e. The number of benzene rings is 2. The summed E-state index contributed by atoms with van der Waals surface area (Å²) >= 11 is 0. The van der Waals surface area contributed by atoms with Crippen molar-refractivity contribution in [3.05, 3.63) is 95.6 Å². The van der Waals surface area contributed by atoms with Crippen LogP contribution in [0.4, 0.5) is 10.1 Å². The lowest BCUT2D eigenvalue weighted by Crippen LogP contribution is -2.31.